The van der Waals surface area contributed by atoms with Crippen LogP contribution in [0.5, 0.6) is 0 Å². The number of hydrogen-bond donors (Lipinski definition) is 0. The molecule has 0 aliphatic carbocycles. The van der Waals surface area contributed by atoms with Crippen molar-refractivity contribution < 1.29 is 17.2 Å². The Bertz CT molecular complexity index is 656. The molecular weight excluding hydrogens is 302 g/mol. The monoisotopic (exact) mass is 314 g/mol. The van der Waals surface area contributed by atoms with E-state index in [2.05, 4.69) is 0 Å². The average molecular weight is 314 g/mol. The maximum Gasteiger partial charge on any atom is 0.397 e. The van der Waals surface area contributed by atoms with Crippen LogP contribution < -0.4 is 0 Å². The lowest BCUT2D eigenvalue weighted by molar-refractivity contribution is 0.195. The van der Waals surface area contributed by atoms with Gasteiger partial charge in [-0.15, -0.1) is 0 Å². The van der Waals surface area contributed by atoms with Crippen LogP contribution in [-0.2, 0) is 15.6 Å². The molecule has 0 saturated carbocycles. The maximum absolute atomic E-state index is 13.9. The van der Waals surface area contributed by atoms with Gasteiger partial charge in [0.1, 0.15) is 0 Å². The quantitative estimate of drug-likeness (QED) is 0.838. The highest BCUT2D eigenvalue weighted by atomic mass is 32.3. The van der Waals surface area contributed by atoms with Crippen molar-refractivity contribution in [2.45, 2.75) is 15.2 Å². The zero-order chi connectivity index (χ0) is 14.6. The molecule has 0 atom stereocenters. The van der Waals surface area contributed by atoms with Gasteiger partial charge in [-0.25, -0.2) is 8.42 Å². The van der Waals surface area contributed by atoms with Crippen molar-refractivity contribution in [1.29, 1.82) is 0 Å². The van der Waals surface area contributed by atoms with E-state index in [9.17, 15) is 17.2 Å². The van der Waals surface area contributed by atoms with Crippen molar-refractivity contribution in [3.05, 3.63) is 66.2 Å². The number of hydrogen-bond acceptors (Lipinski definition) is 3. The number of sulfone groups is 1. The van der Waals surface area contributed by atoms with E-state index >= 15 is 0 Å². The molecule has 0 heterocycles. The minimum atomic E-state index is -4.68. The summed E-state index contributed by atoms with van der Waals surface area (Å²) in [6, 6.07) is 15.3. The predicted octanol–water partition coefficient (Wildman–Crippen LogP) is 3.94. The van der Waals surface area contributed by atoms with Gasteiger partial charge in [0.25, 0.3) is 9.84 Å². The number of alkyl halides is 2. The molecule has 2 aromatic carbocycles. The van der Waals surface area contributed by atoms with Gasteiger partial charge in [-0.1, -0.05) is 60.3 Å². The topological polar surface area (TPSA) is 34.1 Å². The highest BCUT2D eigenvalue weighted by Crippen LogP contribution is 2.40. The summed E-state index contributed by atoms with van der Waals surface area (Å²) in [6.07, 6.45) is 0. The second-order valence-corrected chi connectivity index (χ2v) is 7.39. The molecule has 0 radical (unpaired) electrons. The molecule has 0 aromatic heterocycles. The third kappa shape index (κ3) is 3.19. The summed E-state index contributed by atoms with van der Waals surface area (Å²) < 4.78 is 47.8. The SMILES string of the molecule is O=S(=O)(c1ccccc1)C(F)(F)SCc1ccccc1. The van der Waals surface area contributed by atoms with Crippen molar-refractivity contribution in [2.75, 3.05) is 0 Å². The molecule has 0 spiro atoms. The van der Waals surface area contributed by atoms with Gasteiger partial charge >= 0.3 is 4.59 Å². The fraction of sp³-hybridized carbons (Fsp3) is 0.143. The van der Waals surface area contributed by atoms with E-state index in [-0.39, 0.29) is 22.4 Å². The van der Waals surface area contributed by atoms with Gasteiger partial charge in [0.2, 0.25) is 0 Å². The summed E-state index contributed by atoms with van der Waals surface area (Å²) in [5, 5.41) is 0. The normalized spacial score (nSPS) is 12.3. The van der Waals surface area contributed by atoms with Crippen LogP contribution in [-0.4, -0.2) is 13.0 Å². The number of benzene rings is 2. The smallest absolute Gasteiger partial charge is 0.216 e. The van der Waals surface area contributed by atoms with Crippen molar-refractivity contribution in [3.63, 3.8) is 0 Å². The lowest BCUT2D eigenvalue weighted by Gasteiger charge is -2.16. The third-order valence-electron chi connectivity index (χ3n) is 2.62. The van der Waals surface area contributed by atoms with Gasteiger partial charge in [-0.3, -0.25) is 0 Å². The van der Waals surface area contributed by atoms with Gasteiger partial charge in [0.05, 0.1) is 4.90 Å². The standard InChI is InChI=1S/C14H12F2O2S2/c15-14(16,19-11-12-7-3-1-4-8-12)20(17,18)13-9-5-2-6-10-13/h1-10H,11H2. The Balaban J connectivity index is 2.18. The van der Waals surface area contributed by atoms with Crippen molar-refractivity contribution in [1.82, 2.24) is 0 Å². The summed E-state index contributed by atoms with van der Waals surface area (Å²) in [6.45, 7) is 0. The zero-order valence-electron chi connectivity index (χ0n) is 10.4. The Labute approximate surface area is 120 Å². The van der Waals surface area contributed by atoms with Crippen LogP contribution in [0.4, 0.5) is 8.78 Å². The first-order valence-electron chi connectivity index (χ1n) is 5.79. The Morgan fingerprint density at radius 3 is 1.95 bits per heavy atom. The predicted molar refractivity (Wildman–Crippen MR) is 76.3 cm³/mol. The summed E-state index contributed by atoms with van der Waals surface area (Å²) >= 11 is 0.112. The van der Waals surface area contributed by atoms with E-state index in [1.165, 1.54) is 24.3 Å². The Morgan fingerprint density at radius 1 is 0.900 bits per heavy atom. The molecule has 0 fully saturated rings. The summed E-state index contributed by atoms with van der Waals surface area (Å²) in [4.78, 5) is -0.370. The molecular formula is C14H12F2O2S2. The first-order valence-corrected chi connectivity index (χ1v) is 8.26. The molecule has 2 rings (SSSR count). The lowest BCUT2D eigenvalue weighted by atomic mass is 10.2. The Hall–Kier alpha value is -1.40. The molecule has 0 saturated heterocycles. The molecule has 0 amide bonds. The second-order valence-electron chi connectivity index (χ2n) is 4.05. The molecule has 0 unspecified atom stereocenters. The van der Waals surface area contributed by atoms with E-state index in [4.69, 9.17) is 0 Å². The lowest BCUT2D eigenvalue weighted by Crippen LogP contribution is -2.25. The van der Waals surface area contributed by atoms with Crippen LogP contribution in [0.15, 0.2) is 65.6 Å². The summed E-state index contributed by atoms with van der Waals surface area (Å²) in [5.74, 6) is -0.0695. The minimum Gasteiger partial charge on any atom is -0.216 e. The molecule has 2 nitrogen and oxygen atoms in total. The van der Waals surface area contributed by atoms with Gasteiger partial charge in [0.15, 0.2) is 0 Å². The van der Waals surface area contributed by atoms with Crippen LogP contribution in [0.25, 0.3) is 0 Å². The fourth-order valence-corrected chi connectivity index (χ4v) is 3.96. The summed E-state index contributed by atoms with van der Waals surface area (Å²) in [5.41, 5.74) is 0.653. The fourth-order valence-electron chi connectivity index (χ4n) is 1.56. The van der Waals surface area contributed by atoms with Crippen LogP contribution in [0, 0.1) is 0 Å². The molecule has 0 aliphatic heterocycles. The highest BCUT2D eigenvalue weighted by Gasteiger charge is 2.46. The van der Waals surface area contributed by atoms with Crippen LogP contribution in [0.1, 0.15) is 5.56 Å². The first-order chi connectivity index (χ1) is 9.43. The van der Waals surface area contributed by atoms with E-state index in [1.54, 1.807) is 36.4 Å². The molecule has 6 heteroatoms. The number of rotatable bonds is 5. The summed E-state index contributed by atoms with van der Waals surface area (Å²) in [7, 11) is -4.68. The average Bonchev–Trinajstić information content (AvgIpc) is 2.47. The van der Waals surface area contributed by atoms with Gasteiger partial charge < -0.3 is 0 Å². The Kier molecular flexibility index (Phi) is 4.45. The Morgan fingerprint density at radius 2 is 1.40 bits per heavy atom. The largest absolute Gasteiger partial charge is 0.397 e. The molecule has 0 aliphatic rings. The van der Waals surface area contributed by atoms with Crippen molar-refractivity contribution in [3.8, 4) is 0 Å². The maximum atomic E-state index is 13.9. The first kappa shape index (κ1) is 15.0. The van der Waals surface area contributed by atoms with Gasteiger partial charge in [-0.2, -0.15) is 8.78 Å². The van der Waals surface area contributed by atoms with E-state index < -0.39 is 14.4 Å². The van der Waals surface area contributed by atoms with E-state index in [0.717, 1.165) is 0 Å². The van der Waals surface area contributed by atoms with Gasteiger partial charge in [-0.05, 0) is 17.7 Å². The van der Waals surface area contributed by atoms with E-state index in [0.29, 0.717) is 5.56 Å². The molecule has 106 valence electrons. The number of thioether (sulfide) groups is 1. The zero-order valence-corrected chi connectivity index (χ0v) is 12.0. The van der Waals surface area contributed by atoms with Crippen LogP contribution in [0.3, 0.4) is 0 Å². The van der Waals surface area contributed by atoms with Crippen molar-refractivity contribution in [2.24, 2.45) is 0 Å². The minimum absolute atomic E-state index is 0.0695. The molecule has 2 aromatic rings. The van der Waals surface area contributed by atoms with Crippen LogP contribution >= 0.6 is 11.8 Å². The highest BCUT2D eigenvalue weighted by molar-refractivity contribution is 8.13. The molecule has 0 bridgehead atoms. The molecule has 0 N–H and O–H groups in total. The second kappa shape index (κ2) is 5.93. The number of halogens is 2. The van der Waals surface area contributed by atoms with Gasteiger partial charge in [0, 0.05) is 5.75 Å². The van der Waals surface area contributed by atoms with E-state index in [1.807, 2.05) is 0 Å². The molecule has 20 heavy (non-hydrogen) atoms. The third-order valence-corrected chi connectivity index (χ3v) is 5.96. The van der Waals surface area contributed by atoms with Crippen LogP contribution in [0.2, 0.25) is 0 Å². The van der Waals surface area contributed by atoms with Crippen molar-refractivity contribution >= 4 is 21.6 Å².